The Kier molecular flexibility index (Phi) is 11.2. The SMILES string of the molecule is C=N/C(CC)=N\c1sc(C)cc1CNCCCc1ccc(-c2cccc(C)c2)cc1.NC=O. The van der Waals surface area contributed by atoms with E-state index in [4.69, 9.17) is 4.79 Å². The van der Waals surface area contributed by atoms with E-state index in [1.807, 2.05) is 0 Å². The smallest absolute Gasteiger partial charge is 0.204 e. The van der Waals surface area contributed by atoms with Crippen molar-refractivity contribution in [2.75, 3.05) is 6.54 Å². The second kappa shape index (κ2) is 14.1. The molecule has 0 atom stereocenters. The van der Waals surface area contributed by atoms with Crippen molar-refractivity contribution >= 4 is 35.3 Å². The molecule has 0 saturated heterocycles. The van der Waals surface area contributed by atoms with Crippen LogP contribution in [0.15, 0.2) is 64.6 Å². The zero-order valence-corrected chi connectivity index (χ0v) is 20.6. The minimum absolute atomic E-state index is 0.250. The van der Waals surface area contributed by atoms with Gasteiger partial charge in [0.25, 0.3) is 0 Å². The molecule has 3 N–H and O–H groups in total. The Labute approximate surface area is 201 Å². The van der Waals surface area contributed by atoms with Crippen molar-refractivity contribution in [2.45, 2.75) is 46.6 Å². The van der Waals surface area contributed by atoms with Gasteiger partial charge in [0, 0.05) is 23.4 Å². The number of aryl methyl sites for hydroxylation is 3. The highest BCUT2D eigenvalue weighted by molar-refractivity contribution is 7.16. The third kappa shape index (κ3) is 8.75. The highest BCUT2D eigenvalue weighted by Gasteiger charge is 2.07. The summed E-state index contributed by atoms with van der Waals surface area (Å²) in [6.07, 6.45) is 3.24. The molecule has 3 aromatic rings. The first kappa shape index (κ1) is 26.2. The molecule has 0 saturated carbocycles. The molecule has 33 heavy (non-hydrogen) atoms. The van der Waals surface area contributed by atoms with E-state index in [-0.39, 0.29) is 6.41 Å². The maximum atomic E-state index is 8.58. The number of primary amides is 1. The molecule has 0 aliphatic rings. The molecule has 6 heteroatoms. The maximum Gasteiger partial charge on any atom is 0.204 e. The van der Waals surface area contributed by atoms with Crippen LogP contribution >= 0.6 is 11.3 Å². The maximum absolute atomic E-state index is 8.58. The summed E-state index contributed by atoms with van der Waals surface area (Å²) in [6, 6.07) is 19.8. The third-order valence-corrected chi connectivity index (χ3v) is 6.07. The van der Waals surface area contributed by atoms with E-state index in [0.717, 1.165) is 43.2 Å². The van der Waals surface area contributed by atoms with E-state index in [9.17, 15) is 0 Å². The van der Waals surface area contributed by atoms with Gasteiger partial charge in [-0.05, 0) is 62.7 Å². The fourth-order valence-corrected chi connectivity index (χ4v) is 4.37. The Morgan fingerprint density at radius 3 is 2.48 bits per heavy atom. The van der Waals surface area contributed by atoms with E-state index in [1.165, 1.54) is 32.7 Å². The number of carbonyl (C=O) groups is 1. The number of nitrogens with one attached hydrogen (secondary N) is 1. The second-order valence-corrected chi connectivity index (χ2v) is 8.94. The van der Waals surface area contributed by atoms with E-state index < -0.39 is 0 Å². The van der Waals surface area contributed by atoms with Crippen molar-refractivity contribution in [3.05, 3.63) is 76.2 Å². The molecule has 174 valence electrons. The Balaban J connectivity index is 0.00000122. The van der Waals surface area contributed by atoms with Crippen LogP contribution in [0.5, 0.6) is 0 Å². The summed E-state index contributed by atoms with van der Waals surface area (Å²) >= 11 is 1.72. The van der Waals surface area contributed by atoms with Crippen LogP contribution in [-0.2, 0) is 17.8 Å². The summed E-state index contributed by atoms with van der Waals surface area (Å²) in [5.74, 6) is 0.798. The van der Waals surface area contributed by atoms with Gasteiger partial charge in [-0.2, -0.15) is 0 Å². The summed E-state index contributed by atoms with van der Waals surface area (Å²) in [5, 5.41) is 4.62. The Hall–Kier alpha value is -3.09. The summed E-state index contributed by atoms with van der Waals surface area (Å²) in [7, 11) is 0. The molecule has 0 fully saturated rings. The lowest BCUT2D eigenvalue weighted by Gasteiger charge is -2.07. The van der Waals surface area contributed by atoms with Crippen LogP contribution in [0.1, 0.15) is 41.3 Å². The van der Waals surface area contributed by atoms with Crippen molar-refractivity contribution in [3.8, 4) is 11.1 Å². The number of hydrogen-bond donors (Lipinski definition) is 2. The van der Waals surface area contributed by atoms with Gasteiger partial charge in [-0.25, -0.2) is 9.98 Å². The number of hydrogen-bond acceptors (Lipinski definition) is 4. The van der Waals surface area contributed by atoms with Crippen molar-refractivity contribution < 1.29 is 4.79 Å². The molecule has 5 nitrogen and oxygen atoms in total. The number of rotatable bonds is 9. The van der Waals surface area contributed by atoms with Gasteiger partial charge in [-0.1, -0.05) is 61.0 Å². The van der Waals surface area contributed by atoms with Gasteiger partial charge in [0.15, 0.2) is 0 Å². The molecule has 2 aromatic carbocycles. The average molecular weight is 463 g/mol. The second-order valence-electron chi connectivity index (χ2n) is 7.71. The number of nitrogens with two attached hydrogens (primary N) is 1. The van der Waals surface area contributed by atoms with Gasteiger partial charge in [-0.3, -0.25) is 4.79 Å². The molecule has 0 unspecified atom stereocenters. The van der Waals surface area contributed by atoms with Crippen LogP contribution in [-0.4, -0.2) is 25.5 Å². The first-order chi connectivity index (χ1) is 16.0. The molecule has 3 rings (SSSR count). The molecule has 1 amide bonds. The largest absolute Gasteiger partial charge is 0.372 e. The molecule has 0 bridgehead atoms. The molecule has 0 aliphatic heterocycles. The summed E-state index contributed by atoms with van der Waals surface area (Å²) in [6.45, 7) is 11.8. The molecule has 0 aliphatic carbocycles. The first-order valence-corrected chi connectivity index (χ1v) is 12.0. The fraction of sp³-hybridized carbons (Fsp3) is 0.296. The van der Waals surface area contributed by atoms with Crippen molar-refractivity contribution in [2.24, 2.45) is 15.7 Å². The number of nitrogens with zero attached hydrogens (tertiary/aromatic N) is 2. The van der Waals surface area contributed by atoms with Gasteiger partial charge < -0.3 is 11.1 Å². The normalized spacial score (nSPS) is 10.9. The van der Waals surface area contributed by atoms with Crippen molar-refractivity contribution in [1.29, 1.82) is 0 Å². The molecule has 1 aromatic heterocycles. The summed E-state index contributed by atoms with van der Waals surface area (Å²) in [4.78, 5) is 18.5. The Morgan fingerprint density at radius 1 is 1.12 bits per heavy atom. The lowest BCUT2D eigenvalue weighted by Crippen LogP contribution is -2.15. The minimum atomic E-state index is 0.250. The topological polar surface area (TPSA) is 79.8 Å². The monoisotopic (exact) mass is 462 g/mol. The lowest BCUT2D eigenvalue weighted by molar-refractivity contribution is -0.106. The first-order valence-electron chi connectivity index (χ1n) is 11.2. The number of amidine groups is 1. The molecule has 1 heterocycles. The molecule has 0 radical (unpaired) electrons. The standard InChI is InChI=1S/C26H31N3S.CH3NO/c1-5-25(27-4)29-26-24(17-20(3)30-26)18-28-15-7-9-21-11-13-22(14-12-21)23-10-6-8-19(2)16-23;2-1-3/h6,8,10-14,16-17,28H,4-5,7,9,15,18H2,1-3H3;1H,(H2,2,3)/b29-25-;. The number of carbonyl (C=O) groups excluding carboxylic acids is 1. The van der Waals surface area contributed by atoms with Gasteiger partial charge in [0.2, 0.25) is 6.41 Å². The number of thiophene rings is 1. The van der Waals surface area contributed by atoms with Crippen LogP contribution < -0.4 is 11.1 Å². The van der Waals surface area contributed by atoms with Gasteiger partial charge in [-0.15, -0.1) is 11.3 Å². The van der Waals surface area contributed by atoms with E-state index in [0.29, 0.717) is 0 Å². The van der Waals surface area contributed by atoms with Gasteiger partial charge in [0.1, 0.15) is 10.8 Å². The van der Waals surface area contributed by atoms with Gasteiger partial charge >= 0.3 is 0 Å². The third-order valence-electron chi connectivity index (χ3n) is 5.08. The average Bonchev–Trinajstić information content (AvgIpc) is 3.17. The lowest BCUT2D eigenvalue weighted by atomic mass is 10.0. The fourth-order valence-electron chi connectivity index (χ4n) is 3.45. The predicted octanol–water partition coefficient (Wildman–Crippen LogP) is 6.00. The van der Waals surface area contributed by atoms with E-state index >= 15 is 0 Å². The van der Waals surface area contributed by atoms with Crippen LogP contribution in [0.2, 0.25) is 0 Å². The quantitative estimate of drug-likeness (QED) is 0.177. The number of benzene rings is 2. The van der Waals surface area contributed by atoms with E-state index in [2.05, 4.69) is 103 Å². The molecule has 0 spiro atoms. The summed E-state index contributed by atoms with van der Waals surface area (Å²) in [5.41, 5.74) is 10.7. The number of aliphatic imine (C=N–C) groups is 2. The van der Waals surface area contributed by atoms with Crippen LogP contribution in [0.3, 0.4) is 0 Å². The van der Waals surface area contributed by atoms with Crippen LogP contribution in [0.4, 0.5) is 5.00 Å². The molecular weight excluding hydrogens is 428 g/mol. The highest BCUT2D eigenvalue weighted by atomic mass is 32.1. The van der Waals surface area contributed by atoms with Crippen molar-refractivity contribution in [1.82, 2.24) is 5.32 Å². The molecular formula is C27H34N4OS. The minimum Gasteiger partial charge on any atom is -0.372 e. The van der Waals surface area contributed by atoms with E-state index in [1.54, 1.807) is 11.3 Å². The van der Waals surface area contributed by atoms with Crippen LogP contribution in [0, 0.1) is 13.8 Å². The Bertz CT molecular complexity index is 1050. The zero-order chi connectivity index (χ0) is 24.1. The Morgan fingerprint density at radius 2 is 1.85 bits per heavy atom. The van der Waals surface area contributed by atoms with Gasteiger partial charge in [0.05, 0.1) is 0 Å². The highest BCUT2D eigenvalue weighted by Crippen LogP contribution is 2.31. The van der Waals surface area contributed by atoms with Crippen molar-refractivity contribution in [3.63, 3.8) is 0 Å². The van der Waals surface area contributed by atoms with Crippen LogP contribution in [0.25, 0.3) is 11.1 Å². The number of amides is 1. The zero-order valence-electron chi connectivity index (χ0n) is 19.8. The predicted molar refractivity (Wildman–Crippen MR) is 143 cm³/mol. The summed E-state index contributed by atoms with van der Waals surface area (Å²) < 4.78 is 0.